The highest BCUT2D eigenvalue weighted by atomic mass is 16.3. The van der Waals surface area contributed by atoms with Crippen molar-refractivity contribution in [2.75, 3.05) is 29.9 Å². The van der Waals surface area contributed by atoms with Gasteiger partial charge in [0, 0.05) is 39.4 Å². The Labute approximate surface area is 169 Å². The third-order valence-electron chi connectivity index (χ3n) is 5.85. The summed E-state index contributed by atoms with van der Waals surface area (Å²) < 4.78 is 5.33. The van der Waals surface area contributed by atoms with Crippen LogP contribution < -0.4 is 9.80 Å². The predicted molar refractivity (Wildman–Crippen MR) is 109 cm³/mol. The third kappa shape index (κ3) is 3.41. The van der Waals surface area contributed by atoms with Gasteiger partial charge in [-0.05, 0) is 43.2 Å². The summed E-state index contributed by atoms with van der Waals surface area (Å²) in [6, 6.07) is 9.11. The fourth-order valence-electron chi connectivity index (χ4n) is 4.39. The summed E-state index contributed by atoms with van der Waals surface area (Å²) in [6.07, 6.45) is 2.78. The Bertz CT molecular complexity index is 953. The molecule has 3 heterocycles. The minimum absolute atomic E-state index is 0.0559. The number of hydrogen-bond donors (Lipinski definition) is 0. The Hall–Kier alpha value is -3.09. The zero-order valence-corrected chi connectivity index (χ0v) is 16.9. The maximum atomic E-state index is 13.1. The largest absolute Gasteiger partial charge is 0.459 e. The topological polar surface area (TPSA) is 74.1 Å². The summed E-state index contributed by atoms with van der Waals surface area (Å²) >= 11 is 0. The van der Waals surface area contributed by atoms with Crippen LogP contribution >= 0.6 is 0 Å². The monoisotopic (exact) mass is 395 g/mol. The summed E-state index contributed by atoms with van der Waals surface area (Å²) in [5, 5.41) is 0. The van der Waals surface area contributed by atoms with E-state index in [4.69, 9.17) is 4.42 Å². The van der Waals surface area contributed by atoms with Crippen LogP contribution in [0.15, 0.2) is 41.0 Å². The van der Waals surface area contributed by atoms with Crippen LogP contribution in [0.2, 0.25) is 0 Å². The second-order valence-electron chi connectivity index (χ2n) is 7.89. The standard InChI is InChI=1S/C22H25N3O4/c1-14-12-24(22(28)20-5-4-10-29-20)19-11-16(6-8-18(19)25(14)15(2)26)17-7-9-21(27)23(3)13-17/h4-6,8,10-11,14,17H,7,9,12-13H2,1-3H3/t14-,17?/m0/s1. The van der Waals surface area contributed by atoms with Crippen molar-refractivity contribution in [3.05, 3.63) is 47.9 Å². The number of carbonyl (C=O) groups is 3. The number of piperidine rings is 1. The molecule has 0 bridgehead atoms. The SMILES string of the molecule is CC(=O)N1c2ccc(C3CCC(=O)N(C)C3)cc2N(C(=O)c2ccco2)C[C@@H]1C. The van der Waals surface area contributed by atoms with Crippen molar-refractivity contribution in [3.63, 3.8) is 0 Å². The Morgan fingerprint density at radius 3 is 2.59 bits per heavy atom. The van der Waals surface area contributed by atoms with Crippen LogP contribution in [-0.2, 0) is 9.59 Å². The first-order valence-corrected chi connectivity index (χ1v) is 9.90. The van der Waals surface area contributed by atoms with E-state index in [1.807, 2.05) is 32.2 Å². The van der Waals surface area contributed by atoms with E-state index in [1.165, 1.54) is 6.26 Å². The van der Waals surface area contributed by atoms with Gasteiger partial charge in [0.05, 0.1) is 23.7 Å². The molecule has 2 aliphatic heterocycles. The van der Waals surface area contributed by atoms with Crippen molar-refractivity contribution in [1.82, 2.24) is 4.90 Å². The lowest BCUT2D eigenvalue weighted by Gasteiger charge is -2.41. The molecule has 1 fully saturated rings. The number of likely N-dealkylation sites (tertiary alicyclic amines) is 1. The van der Waals surface area contributed by atoms with Crippen molar-refractivity contribution in [2.24, 2.45) is 0 Å². The van der Waals surface area contributed by atoms with Crippen molar-refractivity contribution in [3.8, 4) is 0 Å². The number of furan rings is 1. The van der Waals surface area contributed by atoms with Crippen LogP contribution in [0.1, 0.15) is 48.7 Å². The highest BCUT2D eigenvalue weighted by molar-refractivity contribution is 6.09. The normalized spacial score (nSPS) is 21.9. The first kappa shape index (κ1) is 19.2. The van der Waals surface area contributed by atoms with Gasteiger partial charge in [0.2, 0.25) is 11.8 Å². The number of carbonyl (C=O) groups excluding carboxylic acids is 3. The number of anilines is 2. The number of hydrogen-bond acceptors (Lipinski definition) is 4. The quantitative estimate of drug-likeness (QED) is 0.783. The number of amides is 3. The molecule has 2 atom stereocenters. The van der Waals surface area contributed by atoms with Crippen molar-refractivity contribution >= 4 is 29.1 Å². The fraction of sp³-hybridized carbons (Fsp3) is 0.409. The van der Waals surface area contributed by atoms with E-state index >= 15 is 0 Å². The molecule has 2 aromatic rings. The molecule has 1 aromatic carbocycles. The average molecular weight is 395 g/mol. The van der Waals surface area contributed by atoms with E-state index in [1.54, 1.807) is 33.8 Å². The molecule has 152 valence electrons. The summed E-state index contributed by atoms with van der Waals surface area (Å²) in [5.74, 6) is 0.353. The average Bonchev–Trinajstić information content (AvgIpc) is 3.23. The van der Waals surface area contributed by atoms with E-state index in [9.17, 15) is 14.4 Å². The lowest BCUT2D eigenvalue weighted by Crippen LogP contribution is -2.51. The number of likely N-dealkylation sites (N-methyl/N-ethyl adjacent to an activating group) is 1. The number of benzene rings is 1. The van der Waals surface area contributed by atoms with E-state index in [0.29, 0.717) is 25.2 Å². The maximum absolute atomic E-state index is 13.1. The highest BCUT2D eigenvalue weighted by Crippen LogP contribution is 2.40. The Balaban J connectivity index is 1.76. The smallest absolute Gasteiger partial charge is 0.294 e. The summed E-state index contributed by atoms with van der Waals surface area (Å²) in [6.45, 7) is 4.51. The first-order valence-electron chi connectivity index (χ1n) is 9.90. The molecule has 1 unspecified atom stereocenters. The van der Waals surface area contributed by atoms with E-state index in [-0.39, 0.29) is 35.4 Å². The van der Waals surface area contributed by atoms with Gasteiger partial charge in [0.15, 0.2) is 5.76 Å². The molecule has 0 spiro atoms. The van der Waals surface area contributed by atoms with Gasteiger partial charge in [-0.1, -0.05) is 6.07 Å². The molecule has 7 heteroatoms. The molecule has 29 heavy (non-hydrogen) atoms. The molecular formula is C22H25N3O4. The predicted octanol–water partition coefficient (Wildman–Crippen LogP) is 3.02. The lowest BCUT2D eigenvalue weighted by molar-refractivity contribution is -0.132. The van der Waals surface area contributed by atoms with Gasteiger partial charge < -0.3 is 19.1 Å². The molecule has 4 rings (SSSR count). The fourth-order valence-corrected chi connectivity index (χ4v) is 4.39. The summed E-state index contributed by atoms with van der Waals surface area (Å²) in [5.41, 5.74) is 2.50. The molecule has 0 radical (unpaired) electrons. The van der Waals surface area contributed by atoms with Crippen LogP contribution in [0.3, 0.4) is 0 Å². The molecule has 3 amide bonds. The van der Waals surface area contributed by atoms with Crippen LogP contribution in [0, 0.1) is 0 Å². The van der Waals surface area contributed by atoms with E-state index < -0.39 is 0 Å². The van der Waals surface area contributed by atoms with Gasteiger partial charge >= 0.3 is 0 Å². The van der Waals surface area contributed by atoms with Crippen molar-refractivity contribution < 1.29 is 18.8 Å². The second kappa shape index (κ2) is 7.39. The summed E-state index contributed by atoms with van der Waals surface area (Å²) in [7, 11) is 1.82. The van der Waals surface area contributed by atoms with Crippen LogP contribution in [0.5, 0.6) is 0 Å². The van der Waals surface area contributed by atoms with Crippen LogP contribution in [0.4, 0.5) is 11.4 Å². The van der Waals surface area contributed by atoms with Gasteiger partial charge in [-0.3, -0.25) is 14.4 Å². The third-order valence-corrected chi connectivity index (χ3v) is 5.85. The van der Waals surface area contributed by atoms with Crippen molar-refractivity contribution in [1.29, 1.82) is 0 Å². The molecule has 1 aromatic heterocycles. The molecule has 0 saturated carbocycles. The zero-order valence-electron chi connectivity index (χ0n) is 16.9. The van der Waals surface area contributed by atoms with Crippen LogP contribution in [0.25, 0.3) is 0 Å². The Kier molecular flexibility index (Phi) is 4.90. The second-order valence-corrected chi connectivity index (χ2v) is 7.89. The van der Waals surface area contributed by atoms with Gasteiger partial charge in [0.25, 0.3) is 5.91 Å². The van der Waals surface area contributed by atoms with Crippen molar-refractivity contribution in [2.45, 2.75) is 38.6 Å². The minimum atomic E-state index is -0.223. The summed E-state index contributed by atoms with van der Waals surface area (Å²) in [4.78, 5) is 42.4. The van der Waals surface area contributed by atoms with E-state index in [0.717, 1.165) is 17.7 Å². The first-order chi connectivity index (χ1) is 13.9. The number of rotatable bonds is 2. The van der Waals surface area contributed by atoms with Crippen LogP contribution in [-0.4, -0.2) is 48.8 Å². The lowest BCUT2D eigenvalue weighted by atomic mass is 9.89. The molecular weight excluding hydrogens is 370 g/mol. The molecule has 7 nitrogen and oxygen atoms in total. The minimum Gasteiger partial charge on any atom is -0.459 e. The van der Waals surface area contributed by atoms with Gasteiger partial charge in [-0.25, -0.2) is 0 Å². The van der Waals surface area contributed by atoms with Gasteiger partial charge in [-0.15, -0.1) is 0 Å². The highest BCUT2D eigenvalue weighted by Gasteiger charge is 2.35. The molecule has 2 aliphatic rings. The number of fused-ring (bicyclic) bond motifs is 1. The number of nitrogens with zero attached hydrogens (tertiary/aromatic N) is 3. The molecule has 1 saturated heterocycles. The van der Waals surface area contributed by atoms with E-state index in [2.05, 4.69) is 0 Å². The zero-order chi connectivity index (χ0) is 20.7. The molecule has 0 aliphatic carbocycles. The maximum Gasteiger partial charge on any atom is 0.294 e. The van der Waals surface area contributed by atoms with Gasteiger partial charge in [-0.2, -0.15) is 0 Å². The van der Waals surface area contributed by atoms with Gasteiger partial charge in [0.1, 0.15) is 0 Å². The molecule has 0 N–H and O–H groups in total. The Morgan fingerprint density at radius 1 is 1.14 bits per heavy atom. The Morgan fingerprint density at radius 2 is 1.93 bits per heavy atom.